The molecule has 0 amide bonds. The predicted molar refractivity (Wildman–Crippen MR) is 93.6 cm³/mol. The van der Waals surface area contributed by atoms with Gasteiger partial charge in [-0.2, -0.15) is 0 Å². The number of benzene rings is 2. The van der Waals surface area contributed by atoms with E-state index in [1.54, 1.807) is 11.4 Å². The average Bonchev–Trinajstić information content (AvgIpc) is 2.53. The van der Waals surface area contributed by atoms with E-state index in [4.69, 9.17) is 21.7 Å². The Morgan fingerprint density at radius 2 is 2.09 bits per heavy atom. The molecule has 0 radical (unpaired) electrons. The molecule has 0 saturated heterocycles. The van der Waals surface area contributed by atoms with Crippen molar-refractivity contribution in [2.24, 2.45) is 0 Å². The molecule has 1 heterocycles. The van der Waals surface area contributed by atoms with E-state index in [1.807, 2.05) is 38.1 Å². The Labute approximate surface area is 140 Å². The smallest absolute Gasteiger partial charge is 0.165 e. The van der Waals surface area contributed by atoms with Crippen LogP contribution in [0.25, 0.3) is 11.1 Å². The number of anilines is 1. The van der Waals surface area contributed by atoms with Crippen molar-refractivity contribution >= 4 is 23.3 Å². The monoisotopic (exact) mass is 331 g/mol. The van der Waals surface area contributed by atoms with E-state index < -0.39 is 5.60 Å². The molecule has 0 aromatic heterocycles. The van der Waals surface area contributed by atoms with Gasteiger partial charge in [0.15, 0.2) is 17.8 Å². The number of thiocarbonyl (C=S) groups is 1. The second kappa shape index (κ2) is 5.91. The quantitative estimate of drug-likeness (QED) is 0.839. The lowest BCUT2D eigenvalue weighted by Crippen LogP contribution is -2.39. The van der Waals surface area contributed by atoms with Crippen LogP contribution < -0.4 is 10.1 Å². The molecule has 0 bridgehead atoms. The highest BCUT2D eigenvalue weighted by Crippen LogP contribution is 2.41. The highest BCUT2D eigenvalue weighted by molar-refractivity contribution is 7.79. The highest BCUT2D eigenvalue weighted by atomic mass is 32.1. The summed E-state index contributed by atoms with van der Waals surface area (Å²) in [6.45, 7) is 3.98. The third-order valence-corrected chi connectivity index (χ3v) is 4.24. The Morgan fingerprint density at radius 3 is 2.78 bits per heavy atom. The zero-order chi connectivity index (χ0) is 16.6. The number of ether oxygens (including phenoxy) is 2. The molecule has 1 N–H and O–H groups in total. The van der Waals surface area contributed by atoms with Crippen molar-refractivity contribution in [3.8, 4) is 16.9 Å². The van der Waals surface area contributed by atoms with Crippen LogP contribution in [0.5, 0.6) is 5.75 Å². The third kappa shape index (κ3) is 2.82. The minimum atomic E-state index is -0.503. The van der Waals surface area contributed by atoms with Gasteiger partial charge in [0.2, 0.25) is 0 Å². The standard InChI is InChI=1S/C18H18FNO2S/c1-18(2)13-9-11(7-8-15(13)20-16(10-23)22-18)12-5-4-6-14(19)17(12)21-3/h4-10,16,20H,1-3H3. The Kier molecular flexibility index (Phi) is 4.08. The number of halogens is 1. The Bertz CT molecular complexity index is 761. The lowest BCUT2D eigenvalue weighted by molar-refractivity contribution is -0.0406. The fraction of sp³-hybridized carbons (Fsp3) is 0.278. The summed E-state index contributed by atoms with van der Waals surface area (Å²) in [6.07, 6.45) is -0.304. The number of nitrogens with one attached hydrogen (secondary N) is 1. The van der Waals surface area contributed by atoms with Gasteiger partial charge in [-0.3, -0.25) is 0 Å². The van der Waals surface area contributed by atoms with Gasteiger partial charge in [0.05, 0.1) is 12.7 Å². The molecule has 3 rings (SSSR count). The Hall–Kier alpha value is -1.98. The zero-order valence-electron chi connectivity index (χ0n) is 13.2. The van der Waals surface area contributed by atoms with Crippen molar-refractivity contribution in [2.75, 3.05) is 12.4 Å². The van der Waals surface area contributed by atoms with Gasteiger partial charge in [-0.05, 0) is 37.6 Å². The molecule has 2 aromatic rings. The molecule has 1 aliphatic rings. The maximum atomic E-state index is 13.9. The first-order chi connectivity index (χ1) is 11.0. The summed E-state index contributed by atoms with van der Waals surface area (Å²) < 4.78 is 25.1. The summed E-state index contributed by atoms with van der Waals surface area (Å²) in [5.74, 6) is -0.135. The number of rotatable bonds is 3. The van der Waals surface area contributed by atoms with Gasteiger partial charge in [0.1, 0.15) is 0 Å². The summed E-state index contributed by atoms with van der Waals surface area (Å²) in [5, 5.41) is 4.80. The van der Waals surface area contributed by atoms with Crippen LogP contribution in [0.1, 0.15) is 19.4 Å². The molecule has 1 aliphatic heterocycles. The second-order valence-corrected chi connectivity index (χ2v) is 6.18. The van der Waals surface area contributed by atoms with Gasteiger partial charge in [-0.1, -0.05) is 30.4 Å². The first-order valence-corrected chi connectivity index (χ1v) is 7.80. The maximum absolute atomic E-state index is 13.9. The van der Waals surface area contributed by atoms with Gasteiger partial charge in [0.25, 0.3) is 0 Å². The first-order valence-electron chi connectivity index (χ1n) is 7.33. The fourth-order valence-electron chi connectivity index (χ4n) is 2.90. The summed E-state index contributed by atoms with van der Waals surface area (Å²) in [5.41, 5.74) is 3.04. The molecular formula is C18H18FNO2S. The molecule has 1 atom stereocenters. The van der Waals surface area contributed by atoms with E-state index in [9.17, 15) is 4.39 Å². The van der Waals surface area contributed by atoms with Gasteiger partial charge in [0, 0.05) is 22.2 Å². The maximum Gasteiger partial charge on any atom is 0.165 e. The van der Waals surface area contributed by atoms with Gasteiger partial charge in [-0.15, -0.1) is 0 Å². The Balaban J connectivity index is 2.12. The van der Waals surface area contributed by atoms with E-state index >= 15 is 0 Å². The molecule has 2 aromatic carbocycles. The third-order valence-electron chi connectivity index (χ3n) is 3.99. The van der Waals surface area contributed by atoms with Crippen LogP contribution in [0.2, 0.25) is 0 Å². The Morgan fingerprint density at radius 1 is 1.30 bits per heavy atom. The van der Waals surface area contributed by atoms with Crippen molar-refractivity contribution in [3.05, 3.63) is 47.8 Å². The molecule has 3 nitrogen and oxygen atoms in total. The predicted octanol–water partition coefficient (Wildman–Crippen LogP) is 4.50. The van der Waals surface area contributed by atoms with E-state index in [2.05, 4.69) is 5.32 Å². The van der Waals surface area contributed by atoms with E-state index in [0.717, 1.165) is 16.8 Å². The van der Waals surface area contributed by atoms with Crippen molar-refractivity contribution < 1.29 is 13.9 Å². The van der Waals surface area contributed by atoms with Gasteiger partial charge >= 0.3 is 0 Å². The molecule has 0 spiro atoms. The van der Waals surface area contributed by atoms with Crippen LogP contribution in [-0.2, 0) is 10.3 Å². The molecule has 5 heteroatoms. The van der Waals surface area contributed by atoms with Crippen LogP contribution in [0, 0.1) is 5.82 Å². The largest absolute Gasteiger partial charge is 0.493 e. The molecule has 23 heavy (non-hydrogen) atoms. The van der Waals surface area contributed by atoms with Gasteiger partial charge in [-0.25, -0.2) is 4.39 Å². The van der Waals surface area contributed by atoms with Crippen molar-refractivity contribution in [1.82, 2.24) is 0 Å². The summed E-state index contributed by atoms with van der Waals surface area (Å²) >= 11 is 4.98. The van der Waals surface area contributed by atoms with Crippen LogP contribution in [0.15, 0.2) is 36.4 Å². The first kappa shape index (κ1) is 15.9. The zero-order valence-corrected chi connectivity index (χ0v) is 14.0. The normalized spacial score (nSPS) is 18.7. The molecule has 120 valence electrons. The van der Waals surface area contributed by atoms with E-state index in [1.165, 1.54) is 13.2 Å². The van der Waals surface area contributed by atoms with Crippen molar-refractivity contribution in [2.45, 2.75) is 25.7 Å². The fourth-order valence-corrected chi connectivity index (χ4v) is 3.03. The number of methoxy groups -OCH3 is 1. The summed E-state index contributed by atoms with van der Waals surface area (Å²) in [6, 6.07) is 10.8. The van der Waals surface area contributed by atoms with Crippen molar-refractivity contribution in [1.29, 1.82) is 0 Å². The minimum absolute atomic E-state index is 0.242. The number of para-hydroxylation sites is 1. The summed E-state index contributed by atoms with van der Waals surface area (Å²) in [7, 11) is 1.47. The van der Waals surface area contributed by atoms with Crippen LogP contribution in [0.3, 0.4) is 0 Å². The van der Waals surface area contributed by atoms with E-state index in [-0.39, 0.29) is 17.8 Å². The van der Waals surface area contributed by atoms with Crippen molar-refractivity contribution in [3.63, 3.8) is 0 Å². The molecule has 0 saturated carbocycles. The molecule has 0 aliphatic carbocycles. The number of hydrogen-bond acceptors (Lipinski definition) is 4. The molecule has 1 unspecified atom stereocenters. The second-order valence-electron chi connectivity index (χ2n) is 5.91. The number of hydrogen-bond donors (Lipinski definition) is 1. The highest BCUT2D eigenvalue weighted by Gasteiger charge is 2.33. The molecule has 0 fully saturated rings. The van der Waals surface area contributed by atoms with Crippen LogP contribution in [0.4, 0.5) is 10.1 Å². The SMILES string of the molecule is COc1c(F)cccc1-c1ccc2c(c1)C(C)(C)OC(C=S)N2. The van der Waals surface area contributed by atoms with Crippen LogP contribution in [-0.4, -0.2) is 18.7 Å². The molecular weight excluding hydrogens is 313 g/mol. The minimum Gasteiger partial charge on any atom is -0.493 e. The topological polar surface area (TPSA) is 30.5 Å². The summed E-state index contributed by atoms with van der Waals surface area (Å²) in [4.78, 5) is 0. The van der Waals surface area contributed by atoms with Gasteiger partial charge < -0.3 is 14.8 Å². The average molecular weight is 331 g/mol. The van der Waals surface area contributed by atoms with Crippen LogP contribution >= 0.6 is 12.2 Å². The number of fused-ring (bicyclic) bond motifs is 1. The lowest BCUT2D eigenvalue weighted by Gasteiger charge is -2.37. The van der Waals surface area contributed by atoms with E-state index in [0.29, 0.717) is 5.56 Å². The lowest BCUT2D eigenvalue weighted by atomic mass is 9.90.